The first-order valence-corrected chi connectivity index (χ1v) is 19.1. The quantitative estimate of drug-likeness (QED) is 0.0547. The molecule has 8 nitrogen and oxygen atoms in total. The first-order valence-electron chi connectivity index (χ1n) is 19.1. The van der Waals surface area contributed by atoms with E-state index in [2.05, 4.69) is 13.8 Å². The molecule has 0 unspecified atom stereocenters. The van der Waals surface area contributed by atoms with Crippen LogP contribution in [0.25, 0.3) is 10.8 Å². The maximum Gasteiger partial charge on any atom is 0.343 e. The number of rotatable bonds is 16. The van der Waals surface area contributed by atoms with Crippen LogP contribution < -0.4 is 18.9 Å². The maximum absolute atomic E-state index is 13.0. The third kappa shape index (κ3) is 10.8. The summed E-state index contributed by atoms with van der Waals surface area (Å²) in [6, 6.07) is 37.5. The van der Waals surface area contributed by atoms with Gasteiger partial charge >= 0.3 is 23.9 Å². The molecule has 0 aliphatic carbocycles. The predicted molar refractivity (Wildman–Crippen MR) is 216 cm³/mol. The highest BCUT2D eigenvalue weighted by Crippen LogP contribution is 2.27. The molecule has 0 bridgehead atoms. The fraction of sp³-hybridized carbons (Fsp3) is 0.208. The number of carbonyl (C=O) groups excluding carboxylic acids is 4. The number of benzene rings is 6. The van der Waals surface area contributed by atoms with Gasteiger partial charge in [0, 0.05) is 0 Å². The van der Waals surface area contributed by atoms with Crippen molar-refractivity contribution in [3.63, 3.8) is 0 Å². The molecule has 284 valence electrons. The van der Waals surface area contributed by atoms with E-state index < -0.39 is 23.9 Å². The summed E-state index contributed by atoms with van der Waals surface area (Å²) in [7, 11) is 0. The molecule has 0 spiro atoms. The normalized spacial score (nSPS) is 10.8. The number of aryl methyl sites for hydroxylation is 2. The van der Waals surface area contributed by atoms with Gasteiger partial charge in [0.25, 0.3) is 0 Å². The third-order valence-electron chi connectivity index (χ3n) is 9.32. The van der Waals surface area contributed by atoms with Crippen molar-refractivity contribution >= 4 is 34.6 Å². The van der Waals surface area contributed by atoms with Crippen LogP contribution in [0.4, 0.5) is 0 Å². The van der Waals surface area contributed by atoms with Gasteiger partial charge < -0.3 is 18.9 Å². The molecule has 56 heavy (non-hydrogen) atoms. The SMILES string of the molecule is CCCCCc1ccc(C(=O)Oc2ccc(C(=O)Oc3ccc4ccc(OC(=O)c5ccc(OC(=O)c6ccc(CCCCC)cc6)cc5)cc4c3)cc2)cc1. The van der Waals surface area contributed by atoms with E-state index >= 15 is 0 Å². The highest BCUT2D eigenvalue weighted by molar-refractivity contribution is 5.95. The minimum absolute atomic E-state index is 0.275. The molecule has 6 rings (SSSR count). The Morgan fingerprint density at radius 3 is 1.00 bits per heavy atom. The largest absolute Gasteiger partial charge is 0.423 e. The molecule has 8 heteroatoms. The Morgan fingerprint density at radius 1 is 0.357 bits per heavy atom. The first-order chi connectivity index (χ1) is 27.3. The molecular weight excluding hydrogens is 705 g/mol. The van der Waals surface area contributed by atoms with Crippen LogP contribution in [0.3, 0.4) is 0 Å². The molecule has 0 radical (unpaired) electrons. The average molecular weight is 749 g/mol. The predicted octanol–water partition coefficient (Wildman–Crippen LogP) is 11.2. The first kappa shape index (κ1) is 39.2. The summed E-state index contributed by atoms with van der Waals surface area (Å²) in [4.78, 5) is 51.3. The summed E-state index contributed by atoms with van der Waals surface area (Å²) >= 11 is 0. The van der Waals surface area contributed by atoms with Crippen molar-refractivity contribution in [1.82, 2.24) is 0 Å². The third-order valence-corrected chi connectivity index (χ3v) is 9.32. The highest BCUT2D eigenvalue weighted by atomic mass is 16.5. The second-order valence-electron chi connectivity index (χ2n) is 13.6. The molecule has 0 aromatic heterocycles. The lowest BCUT2D eigenvalue weighted by molar-refractivity contribution is 0.0720. The summed E-state index contributed by atoms with van der Waals surface area (Å²) < 4.78 is 22.3. The highest BCUT2D eigenvalue weighted by Gasteiger charge is 2.15. The molecule has 0 fully saturated rings. The zero-order valence-corrected chi connectivity index (χ0v) is 31.6. The lowest BCUT2D eigenvalue weighted by atomic mass is 10.1. The Bertz CT molecular complexity index is 2110. The van der Waals surface area contributed by atoms with E-state index in [1.54, 1.807) is 84.9 Å². The van der Waals surface area contributed by atoms with Gasteiger partial charge in [0.15, 0.2) is 0 Å². The Balaban J connectivity index is 1.01. The Labute approximate surface area is 327 Å². The summed E-state index contributed by atoms with van der Waals surface area (Å²) in [6.45, 7) is 4.33. The minimum Gasteiger partial charge on any atom is -0.423 e. The number of esters is 4. The number of fused-ring (bicyclic) bond motifs is 1. The van der Waals surface area contributed by atoms with Crippen LogP contribution in [0.5, 0.6) is 23.0 Å². The summed E-state index contributed by atoms with van der Waals surface area (Å²) in [5.41, 5.74) is 3.82. The van der Waals surface area contributed by atoms with E-state index in [1.165, 1.54) is 48.2 Å². The molecule has 0 atom stereocenters. The smallest absolute Gasteiger partial charge is 0.343 e. The molecule has 6 aromatic carbocycles. The second kappa shape index (κ2) is 19.2. The fourth-order valence-corrected chi connectivity index (χ4v) is 6.09. The molecule has 0 aliphatic rings. The molecule has 0 saturated heterocycles. The van der Waals surface area contributed by atoms with Crippen LogP contribution in [0.2, 0.25) is 0 Å². The van der Waals surface area contributed by atoms with Crippen LogP contribution in [0.15, 0.2) is 133 Å². The van der Waals surface area contributed by atoms with E-state index in [1.807, 2.05) is 24.3 Å². The van der Waals surface area contributed by atoms with E-state index in [-0.39, 0.29) is 11.1 Å². The van der Waals surface area contributed by atoms with Crippen molar-refractivity contribution in [2.24, 2.45) is 0 Å². The van der Waals surface area contributed by atoms with Crippen molar-refractivity contribution in [2.45, 2.75) is 65.2 Å². The second-order valence-corrected chi connectivity index (χ2v) is 13.6. The van der Waals surface area contributed by atoms with Gasteiger partial charge in [-0.1, -0.05) is 75.9 Å². The van der Waals surface area contributed by atoms with Crippen LogP contribution in [0.1, 0.15) is 105 Å². The van der Waals surface area contributed by atoms with Gasteiger partial charge in [0.05, 0.1) is 22.3 Å². The van der Waals surface area contributed by atoms with Gasteiger partial charge in [-0.05, 0) is 145 Å². The van der Waals surface area contributed by atoms with E-state index in [9.17, 15) is 19.2 Å². The monoisotopic (exact) mass is 748 g/mol. The maximum atomic E-state index is 13.0. The molecule has 0 N–H and O–H groups in total. The number of hydrogen-bond acceptors (Lipinski definition) is 8. The standard InChI is InChI=1S/C48H44O8/c1-3-5-7-9-33-11-15-36(16-12-33)45(49)53-41-25-21-38(22-26-41)47(51)55-43-29-19-35-20-30-44(32-40(35)31-43)56-48(52)39-23-27-42(28-24-39)54-46(50)37-17-13-34(14-18-37)10-8-6-4-2/h11-32H,3-10H2,1-2H3. The number of ether oxygens (including phenoxy) is 4. The topological polar surface area (TPSA) is 105 Å². The van der Waals surface area contributed by atoms with E-state index in [0.29, 0.717) is 39.5 Å². The van der Waals surface area contributed by atoms with Gasteiger partial charge in [0.2, 0.25) is 0 Å². The van der Waals surface area contributed by atoms with Gasteiger partial charge in [-0.2, -0.15) is 0 Å². The fourth-order valence-electron chi connectivity index (χ4n) is 6.09. The minimum atomic E-state index is -0.590. The van der Waals surface area contributed by atoms with E-state index in [4.69, 9.17) is 18.9 Å². The molecule has 0 amide bonds. The van der Waals surface area contributed by atoms with Crippen LogP contribution in [-0.2, 0) is 12.8 Å². The van der Waals surface area contributed by atoms with Crippen molar-refractivity contribution in [1.29, 1.82) is 0 Å². The number of carbonyl (C=O) groups is 4. The lowest BCUT2D eigenvalue weighted by Crippen LogP contribution is -2.10. The summed E-state index contributed by atoms with van der Waals surface area (Å²) in [5.74, 6) is -0.928. The molecule has 6 aromatic rings. The van der Waals surface area contributed by atoms with Crippen LogP contribution >= 0.6 is 0 Å². The number of hydrogen-bond donors (Lipinski definition) is 0. The van der Waals surface area contributed by atoms with Gasteiger partial charge in [-0.3, -0.25) is 0 Å². The molecular formula is C48H44O8. The van der Waals surface area contributed by atoms with Crippen LogP contribution in [-0.4, -0.2) is 23.9 Å². The van der Waals surface area contributed by atoms with Crippen molar-refractivity contribution in [3.05, 3.63) is 167 Å². The average Bonchev–Trinajstić information content (AvgIpc) is 3.22. The zero-order valence-electron chi connectivity index (χ0n) is 31.6. The van der Waals surface area contributed by atoms with Gasteiger partial charge in [-0.25, -0.2) is 19.2 Å². The zero-order chi connectivity index (χ0) is 39.3. The lowest BCUT2D eigenvalue weighted by Gasteiger charge is -2.09. The Morgan fingerprint density at radius 2 is 0.661 bits per heavy atom. The summed E-state index contributed by atoms with van der Waals surface area (Å²) in [6.07, 6.45) is 8.85. The van der Waals surface area contributed by atoms with E-state index in [0.717, 1.165) is 43.9 Å². The van der Waals surface area contributed by atoms with Crippen molar-refractivity contribution < 1.29 is 38.1 Å². The number of unbranched alkanes of at least 4 members (excludes halogenated alkanes) is 4. The summed E-state index contributed by atoms with van der Waals surface area (Å²) in [5, 5.41) is 1.53. The van der Waals surface area contributed by atoms with Gasteiger partial charge in [0.1, 0.15) is 23.0 Å². The van der Waals surface area contributed by atoms with Crippen molar-refractivity contribution in [3.8, 4) is 23.0 Å². The molecule has 0 aliphatic heterocycles. The van der Waals surface area contributed by atoms with Crippen molar-refractivity contribution in [2.75, 3.05) is 0 Å². The molecule has 0 heterocycles. The Hall–Kier alpha value is -6.54. The molecule has 0 saturated carbocycles. The van der Waals surface area contributed by atoms with Crippen LogP contribution in [0, 0.1) is 0 Å². The van der Waals surface area contributed by atoms with Gasteiger partial charge in [-0.15, -0.1) is 0 Å². The Kier molecular flexibility index (Phi) is 13.4.